The van der Waals surface area contributed by atoms with E-state index < -0.39 is 14.3 Å². The molecule has 38 heavy (non-hydrogen) atoms. The van der Waals surface area contributed by atoms with Crippen molar-refractivity contribution >= 4 is 32.6 Å². The Morgan fingerprint density at radius 1 is 0.895 bits per heavy atom. The zero-order valence-electron chi connectivity index (χ0n) is 22.2. The van der Waals surface area contributed by atoms with Gasteiger partial charge in [-0.3, -0.25) is 9.34 Å². The average molecular weight is 640 g/mol. The molecule has 3 atom stereocenters. The summed E-state index contributed by atoms with van der Waals surface area (Å²) >= 11 is 3.63. The SMILES string of the molecule is COC[C@@H]1CCCN1P([C]1[CH][CH][CH][C]1[C@@H](O)c1ccccc1Br)N1CCC[C@H]1COC.[B].[CH]1[CH][CH][CH][CH]1.[Fe+2]. The van der Waals surface area contributed by atoms with Crippen molar-refractivity contribution in [1.29, 1.82) is 0 Å². The first-order valence-corrected chi connectivity index (χ1v) is 14.9. The maximum Gasteiger partial charge on any atom is 2.00 e. The number of rotatable bonds is 9. The van der Waals surface area contributed by atoms with E-state index in [0.717, 1.165) is 55.1 Å². The van der Waals surface area contributed by atoms with Crippen molar-refractivity contribution < 1.29 is 31.6 Å². The second-order valence-electron chi connectivity index (χ2n) is 9.37. The molecule has 5 rings (SSSR count). The molecule has 0 spiro atoms. The second-order valence-corrected chi connectivity index (χ2v) is 12.3. The third-order valence-electron chi connectivity index (χ3n) is 6.99. The van der Waals surface area contributed by atoms with E-state index in [9.17, 15) is 5.11 Å². The van der Waals surface area contributed by atoms with Crippen LogP contribution in [0.2, 0.25) is 0 Å². The number of aliphatic hydroxyl groups excluding tert-OH is 1. The first kappa shape index (κ1) is 34.7. The number of halogens is 1. The molecule has 0 amide bonds. The number of hydrogen-bond acceptors (Lipinski definition) is 5. The molecule has 2 aliphatic carbocycles. The quantitative estimate of drug-likeness (QED) is 0.290. The molecule has 2 saturated heterocycles. The van der Waals surface area contributed by atoms with Crippen molar-refractivity contribution in [2.75, 3.05) is 40.5 Å². The largest absolute Gasteiger partial charge is 2.00 e. The number of ether oxygens (including phenoxy) is 2. The van der Waals surface area contributed by atoms with Gasteiger partial charge in [0.15, 0.2) is 0 Å². The number of methoxy groups -OCH3 is 2. The Labute approximate surface area is 254 Å². The Hall–Kier alpha value is 0.514. The Bertz CT molecular complexity index is 764. The van der Waals surface area contributed by atoms with Crippen LogP contribution in [-0.2, 0) is 26.5 Å². The van der Waals surface area contributed by atoms with E-state index in [1.165, 1.54) is 18.5 Å². The van der Waals surface area contributed by atoms with Crippen LogP contribution >= 0.6 is 24.2 Å². The van der Waals surface area contributed by atoms with E-state index in [2.05, 4.69) is 44.5 Å². The topological polar surface area (TPSA) is 45.2 Å². The van der Waals surface area contributed by atoms with Crippen LogP contribution < -0.4 is 0 Å². The molecule has 2 heterocycles. The number of hydrogen-bond donors (Lipinski definition) is 1. The molecule has 4 aliphatic rings. The molecule has 4 fully saturated rings. The molecule has 1 N–H and O–H groups in total. The zero-order chi connectivity index (χ0) is 25.3. The molecule has 203 valence electrons. The predicted octanol–water partition coefficient (Wildman–Crippen LogP) is 5.39. The van der Waals surface area contributed by atoms with Crippen LogP contribution in [0.4, 0.5) is 0 Å². The molecular formula is C29H38BBrFeN2O3P+2. The van der Waals surface area contributed by atoms with Crippen LogP contribution in [0.25, 0.3) is 0 Å². The third-order valence-corrected chi connectivity index (χ3v) is 10.6. The van der Waals surface area contributed by atoms with E-state index >= 15 is 0 Å². The van der Waals surface area contributed by atoms with Crippen LogP contribution in [-0.4, -0.2) is 75.5 Å². The van der Waals surface area contributed by atoms with Gasteiger partial charge in [-0.25, -0.2) is 0 Å². The van der Waals surface area contributed by atoms with Gasteiger partial charge in [0.25, 0.3) is 0 Å². The van der Waals surface area contributed by atoms with Crippen molar-refractivity contribution in [3.8, 4) is 0 Å². The van der Waals surface area contributed by atoms with E-state index in [1.54, 1.807) is 14.2 Å². The van der Waals surface area contributed by atoms with E-state index in [4.69, 9.17) is 9.47 Å². The van der Waals surface area contributed by atoms with Crippen molar-refractivity contribution in [2.45, 2.75) is 43.9 Å². The van der Waals surface area contributed by atoms with E-state index in [-0.39, 0.29) is 25.5 Å². The normalized spacial score (nSPS) is 25.7. The van der Waals surface area contributed by atoms with Crippen molar-refractivity contribution in [3.63, 3.8) is 0 Å². The molecule has 5 nitrogen and oxygen atoms in total. The minimum absolute atomic E-state index is 0. The monoisotopic (exact) mass is 639 g/mol. The van der Waals surface area contributed by atoms with Gasteiger partial charge >= 0.3 is 17.1 Å². The van der Waals surface area contributed by atoms with Gasteiger partial charge < -0.3 is 14.6 Å². The minimum atomic E-state index is -0.745. The van der Waals surface area contributed by atoms with Gasteiger partial charge in [-0.05, 0) is 88.7 Å². The Morgan fingerprint density at radius 2 is 1.42 bits per heavy atom. The molecule has 2 saturated carbocycles. The summed E-state index contributed by atoms with van der Waals surface area (Å²) in [6, 6.07) is 8.80. The Kier molecular flexibility index (Phi) is 16.6. The molecular weight excluding hydrogens is 602 g/mol. The van der Waals surface area contributed by atoms with Crippen molar-refractivity contribution in [3.05, 3.63) is 97.2 Å². The number of benzene rings is 1. The summed E-state index contributed by atoms with van der Waals surface area (Å²) in [5.41, 5.74) is 2.18. The first-order valence-electron chi connectivity index (χ1n) is 12.8. The minimum Gasteiger partial charge on any atom is -0.388 e. The van der Waals surface area contributed by atoms with E-state index in [1.807, 2.05) is 56.4 Å². The molecule has 0 aromatic heterocycles. The van der Waals surface area contributed by atoms with Gasteiger partial charge in [0.05, 0.1) is 19.3 Å². The summed E-state index contributed by atoms with van der Waals surface area (Å²) in [4.78, 5) is 0. The zero-order valence-corrected chi connectivity index (χ0v) is 25.8. The van der Waals surface area contributed by atoms with Crippen LogP contribution in [0.3, 0.4) is 0 Å². The number of aliphatic hydroxyl groups is 1. The molecule has 13 radical (unpaired) electrons. The van der Waals surface area contributed by atoms with Gasteiger partial charge in [0.1, 0.15) is 0 Å². The molecule has 0 bridgehead atoms. The van der Waals surface area contributed by atoms with Gasteiger partial charge in [0, 0.05) is 72.1 Å². The molecule has 2 aliphatic heterocycles. The Balaban J connectivity index is 0.000000651. The first-order chi connectivity index (χ1) is 17.7. The van der Waals surface area contributed by atoms with Crippen molar-refractivity contribution in [2.24, 2.45) is 0 Å². The molecule has 1 aromatic carbocycles. The standard InChI is InChI=1S/C24H33BrN2O3P.C5H5.B.Fe/c1-29-16-18-8-6-14-26(18)31(27-15-7-9-19(27)17-30-2)23-13-5-11-21(23)24(28)20-10-3-4-12-22(20)25;1-2-4-5-3-1;;/h3-5,10-13,18-19,24,28H,6-9,14-17H2,1-2H3;1-5H;;/q;;;+2/t18-,19-,24-;;;/m0.../s1. The summed E-state index contributed by atoms with van der Waals surface area (Å²) in [6.45, 7) is 3.66. The maximum absolute atomic E-state index is 11.4. The van der Waals surface area contributed by atoms with Gasteiger partial charge in [-0.1, -0.05) is 34.1 Å². The molecule has 0 unspecified atom stereocenters. The summed E-state index contributed by atoms with van der Waals surface area (Å²) in [5, 5.41) is 11.4. The fourth-order valence-electron chi connectivity index (χ4n) is 5.31. The summed E-state index contributed by atoms with van der Waals surface area (Å²) < 4.78 is 17.5. The Morgan fingerprint density at radius 3 is 1.92 bits per heavy atom. The van der Waals surface area contributed by atoms with Crippen molar-refractivity contribution in [1.82, 2.24) is 9.34 Å². The van der Waals surface area contributed by atoms with Gasteiger partial charge in [-0.15, -0.1) is 0 Å². The fourth-order valence-corrected chi connectivity index (χ4v) is 8.95. The predicted molar refractivity (Wildman–Crippen MR) is 156 cm³/mol. The fraction of sp³-hybridized carbons (Fsp3) is 0.448. The van der Waals surface area contributed by atoms with E-state index in [0.29, 0.717) is 12.1 Å². The van der Waals surface area contributed by atoms with Crippen LogP contribution in [0, 0.1) is 62.9 Å². The summed E-state index contributed by atoms with van der Waals surface area (Å²) in [5.74, 6) is 1.02. The molecule has 9 heteroatoms. The average Bonchev–Trinajstić information content (AvgIpc) is 3.70. The third kappa shape index (κ3) is 8.76. The second kappa shape index (κ2) is 18.1. The molecule has 1 aromatic rings. The maximum atomic E-state index is 11.4. The summed E-state index contributed by atoms with van der Waals surface area (Å²) in [7, 11) is 2.85. The van der Waals surface area contributed by atoms with Gasteiger partial charge in [-0.2, -0.15) is 0 Å². The summed E-state index contributed by atoms with van der Waals surface area (Å²) in [6.07, 6.45) is 20.5. The number of nitrogens with zero attached hydrogens (tertiary/aromatic N) is 2. The smallest absolute Gasteiger partial charge is 0.388 e. The van der Waals surface area contributed by atoms with Gasteiger partial charge in [0.2, 0.25) is 0 Å². The van der Waals surface area contributed by atoms with Crippen LogP contribution in [0.5, 0.6) is 0 Å². The van der Waals surface area contributed by atoms with Crippen LogP contribution in [0.1, 0.15) is 37.4 Å². The van der Waals surface area contributed by atoms with Crippen LogP contribution in [0.15, 0.2) is 28.7 Å².